The van der Waals surface area contributed by atoms with E-state index in [4.69, 9.17) is 0 Å². The van der Waals surface area contributed by atoms with Crippen molar-refractivity contribution in [3.8, 4) is 0 Å². The van der Waals surface area contributed by atoms with Crippen LogP contribution >= 0.6 is 11.3 Å². The van der Waals surface area contributed by atoms with Crippen LogP contribution in [0.5, 0.6) is 0 Å². The predicted octanol–water partition coefficient (Wildman–Crippen LogP) is 1.93. The number of carbonyl (C=O) groups is 1. The van der Waals surface area contributed by atoms with Crippen LogP contribution < -0.4 is 21.9 Å². The molecule has 8 heteroatoms. The van der Waals surface area contributed by atoms with Crippen molar-refractivity contribution >= 4 is 23.2 Å². The molecule has 1 atom stereocenters. The summed E-state index contributed by atoms with van der Waals surface area (Å²) >= 11 is 1.51. The van der Waals surface area contributed by atoms with Crippen LogP contribution in [-0.2, 0) is 6.54 Å². The number of aromatic nitrogens is 2. The molecule has 2 aromatic heterocycles. The summed E-state index contributed by atoms with van der Waals surface area (Å²) < 4.78 is 1.44. The summed E-state index contributed by atoms with van der Waals surface area (Å²) in [5.74, 6) is 0.298. The highest BCUT2D eigenvalue weighted by atomic mass is 32.1. The normalized spacial score (nSPS) is 16.6. The number of H-pyrrole nitrogens is 1. The van der Waals surface area contributed by atoms with Gasteiger partial charge in [-0.1, -0.05) is 13.3 Å². The van der Waals surface area contributed by atoms with Crippen molar-refractivity contribution in [2.45, 2.75) is 39.3 Å². The molecule has 0 aliphatic carbocycles. The molecule has 3 heterocycles. The lowest BCUT2D eigenvalue weighted by atomic mass is 10.1. The van der Waals surface area contributed by atoms with E-state index >= 15 is 0 Å². The Bertz CT molecular complexity index is 864. The van der Waals surface area contributed by atoms with E-state index in [2.05, 4.69) is 15.6 Å². The Balaban J connectivity index is 2.19. The smallest absolute Gasteiger partial charge is 0.326 e. The van der Waals surface area contributed by atoms with Crippen LogP contribution in [0.3, 0.4) is 0 Å². The lowest BCUT2D eigenvalue weighted by Gasteiger charge is -2.27. The molecule has 3 rings (SSSR count). The third-order valence-corrected chi connectivity index (χ3v) is 4.88. The number of carbonyl (C=O) groups excluding carboxylic acids is 1. The number of nitrogens with one attached hydrogen (secondary N) is 3. The summed E-state index contributed by atoms with van der Waals surface area (Å²) in [5, 5.41) is 5.39. The highest BCUT2D eigenvalue weighted by Gasteiger charge is 2.32. The molecule has 1 aliphatic heterocycles. The first-order valence-corrected chi connectivity index (χ1v) is 8.33. The minimum absolute atomic E-state index is 0.298. The number of aryl methyl sites for hydroxylation is 1. The Morgan fingerprint density at radius 2 is 2.04 bits per heavy atom. The number of fused-ring (bicyclic) bond motifs is 1. The first kappa shape index (κ1) is 15.5. The largest absolute Gasteiger partial charge is 0.329 e. The molecule has 1 unspecified atom stereocenters. The summed E-state index contributed by atoms with van der Waals surface area (Å²) in [6, 6.07) is 2.87. The van der Waals surface area contributed by atoms with Gasteiger partial charge in [0, 0.05) is 16.3 Å². The van der Waals surface area contributed by atoms with Gasteiger partial charge in [-0.2, -0.15) is 0 Å². The maximum absolute atomic E-state index is 12.4. The fourth-order valence-electron chi connectivity index (χ4n) is 2.69. The van der Waals surface area contributed by atoms with Gasteiger partial charge in [-0.3, -0.25) is 19.7 Å². The number of amides is 2. The SMILES string of the molecule is CCCCn1c2c(c(=O)[nH]c1=O)C(c1ccc(C)s1)NC(=O)N2. The number of thiophene rings is 1. The first-order chi connectivity index (χ1) is 11.0. The lowest BCUT2D eigenvalue weighted by molar-refractivity contribution is 0.248. The van der Waals surface area contributed by atoms with Gasteiger partial charge in [0.25, 0.3) is 5.56 Å². The number of aromatic amines is 1. The Morgan fingerprint density at radius 1 is 1.26 bits per heavy atom. The van der Waals surface area contributed by atoms with Gasteiger partial charge < -0.3 is 5.32 Å². The van der Waals surface area contributed by atoms with Gasteiger partial charge in [0.2, 0.25) is 0 Å². The second-order valence-electron chi connectivity index (χ2n) is 5.51. The zero-order chi connectivity index (χ0) is 16.6. The van der Waals surface area contributed by atoms with Gasteiger partial charge in [0.15, 0.2) is 0 Å². The summed E-state index contributed by atoms with van der Waals surface area (Å²) in [5.41, 5.74) is -0.589. The molecule has 2 aromatic rings. The molecule has 3 N–H and O–H groups in total. The van der Waals surface area contributed by atoms with Crippen LogP contribution in [0.1, 0.15) is 41.1 Å². The molecule has 7 nitrogen and oxygen atoms in total. The molecular weight excluding hydrogens is 316 g/mol. The summed E-state index contributed by atoms with van der Waals surface area (Å²) in [6.45, 7) is 4.43. The van der Waals surface area contributed by atoms with E-state index in [1.54, 1.807) is 0 Å². The minimum Gasteiger partial charge on any atom is -0.326 e. The molecule has 2 amide bonds. The molecule has 23 heavy (non-hydrogen) atoms. The Morgan fingerprint density at radius 3 is 2.70 bits per heavy atom. The second kappa shape index (κ2) is 6.04. The van der Waals surface area contributed by atoms with Gasteiger partial charge in [0.1, 0.15) is 5.82 Å². The zero-order valence-corrected chi connectivity index (χ0v) is 13.8. The van der Waals surface area contributed by atoms with Crippen molar-refractivity contribution in [3.63, 3.8) is 0 Å². The van der Waals surface area contributed by atoms with Crippen molar-refractivity contribution in [1.82, 2.24) is 14.9 Å². The lowest BCUT2D eigenvalue weighted by Crippen LogP contribution is -2.46. The molecule has 0 saturated carbocycles. The van der Waals surface area contributed by atoms with Crippen LogP contribution in [0, 0.1) is 6.92 Å². The fourth-order valence-corrected chi connectivity index (χ4v) is 3.63. The Kier molecular flexibility index (Phi) is 4.08. The molecule has 0 bridgehead atoms. The number of hydrogen-bond acceptors (Lipinski definition) is 4. The van der Waals surface area contributed by atoms with Crippen LogP contribution in [0.25, 0.3) is 0 Å². The quantitative estimate of drug-likeness (QED) is 0.797. The highest BCUT2D eigenvalue weighted by molar-refractivity contribution is 7.12. The Labute approximate surface area is 136 Å². The number of unbranched alkanes of at least 4 members (excludes halogenated alkanes) is 1. The average Bonchev–Trinajstić information content (AvgIpc) is 2.92. The number of anilines is 1. The van der Waals surface area contributed by atoms with Crippen LogP contribution in [0.4, 0.5) is 10.6 Å². The summed E-state index contributed by atoms with van der Waals surface area (Å²) in [6.07, 6.45) is 1.69. The maximum Gasteiger partial charge on any atom is 0.329 e. The van der Waals surface area contributed by atoms with E-state index in [1.165, 1.54) is 15.9 Å². The molecule has 0 spiro atoms. The third-order valence-electron chi connectivity index (χ3n) is 3.81. The van der Waals surface area contributed by atoms with Crippen molar-refractivity contribution < 1.29 is 4.79 Å². The second-order valence-corrected chi connectivity index (χ2v) is 6.83. The topological polar surface area (TPSA) is 96.0 Å². The van der Waals surface area contributed by atoms with Crippen molar-refractivity contribution in [2.75, 3.05) is 5.32 Å². The van der Waals surface area contributed by atoms with E-state index in [-0.39, 0.29) is 0 Å². The van der Waals surface area contributed by atoms with Gasteiger partial charge in [-0.25, -0.2) is 9.59 Å². The van der Waals surface area contributed by atoms with E-state index < -0.39 is 23.3 Å². The summed E-state index contributed by atoms with van der Waals surface area (Å²) in [4.78, 5) is 40.8. The maximum atomic E-state index is 12.4. The summed E-state index contributed by atoms with van der Waals surface area (Å²) in [7, 11) is 0. The average molecular weight is 334 g/mol. The molecule has 122 valence electrons. The fraction of sp³-hybridized carbons (Fsp3) is 0.400. The number of hydrogen-bond donors (Lipinski definition) is 3. The van der Waals surface area contributed by atoms with Crippen LogP contribution in [-0.4, -0.2) is 15.6 Å². The van der Waals surface area contributed by atoms with Crippen LogP contribution in [0.2, 0.25) is 0 Å². The molecule has 0 fully saturated rings. The molecule has 0 aromatic carbocycles. The number of urea groups is 1. The number of nitrogens with zero attached hydrogens (tertiary/aromatic N) is 1. The van der Waals surface area contributed by atoms with Crippen LogP contribution in [0.15, 0.2) is 21.7 Å². The van der Waals surface area contributed by atoms with Gasteiger partial charge >= 0.3 is 11.7 Å². The first-order valence-electron chi connectivity index (χ1n) is 7.52. The van der Waals surface area contributed by atoms with Gasteiger partial charge in [0.05, 0.1) is 11.6 Å². The standard InChI is InChI=1S/C15H18N4O3S/c1-3-4-7-19-12-10(13(20)18-15(19)22)11(16-14(21)17-12)9-6-5-8(2)23-9/h5-6,11H,3-4,7H2,1-2H3,(H2,16,17,21)(H,18,20,22). The van der Waals surface area contributed by atoms with Crippen molar-refractivity contribution in [2.24, 2.45) is 0 Å². The molecular formula is C15H18N4O3S. The zero-order valence-electron chi connectivity index (χ0n) is 12.9. The Hall–Kier alpha value is -2.35. The number of rotatable bonds is 4. The molecule has 0 radical (unpaired) electrons. The van der Waals surface area contributed by atoms with Crippen molar-refractivity contribution in [1.29, 1.82) is 0 Å². The minimum atomic E-state index is -0.547. The van der Waals surface area contributed by atoms with E-state index in [9.17, 15) is 14.4 Å². The van der Waals surface area contributed by atoms with Crippen molar-refractivity contribution in [3.05, 3.63) is 48.3 Å². The van der Waals surface area contributed by atoms with E-state index in [1.807, 2.05) is 26.0 Å². The van der Waals surface area contributed by atoms with Gasteiger partial charge in [-0.15, -0.1) is 11.3 Å². The van der Waals surface area contributed by atoms with E-state index in [0.717, 1.165) is 22.6 Å². The van der Waals surface area contributed by atoms with Gasteiger partial charge in [-0.05, 0) is 25.5 Å². The van der Waals surface area contributed by atoms with E-state index in [0.29, 0.717) is 17.9 Å². The third kappa shape index (κ3) is 2.81. The predicted molar refractivity (Wildman–Crippen MR) is 89.3 cm³/mol. The molecule has 0 saturated heterocycles. The monoisotopic (exact) mass is 334 g/mol. The highest BCUT2D eigenvalue weighted by Crippen LogP contribution is 2.32. The molecule has 1 aliphatic rings.